The minimum absolute atomic E-state index is 0.154. The second kappa shape index (κ2) is 5.07. The van der Waals surface area contributed by atoms with Gasteiger partial charge in [0.1, 0.15) is 5.82 Å². The third kappa shape index (κ3) is 2.22. The van der Waals surface area contributed by atoms with Gasteiger partial charge in [-0.15, -0.1) is 0 Å². The van der Waals surface area contributed by atoms with Gasteiger partial charge >= 0.3 is 0 Å². The molecule has 0 aromatic heterocycles. The molecule has 2 N–H and O–H groups in total. The van der Waals surface area contributed by atoms with Gasteiger partial charge in [0, 0.05) is 18.2 Å². The standard InChI is InChI=1S/C12H14ClF3N2/c1-18-5-6(4-17)2-9(18)10-11(15)7(13)3-8(14)12(10)16/h3,6,9H,2,4-5,17H2,1H3. The van der Waals surface area contributed by atoms with Crippen LogP contribution in [0.3, 0.4) is 0 Å². The predicted octanol–water partition coefficient (Wildman–Crippen LogP) is 2.71. The Morgan fingerprint density at radius 1 is 1.39 bits per heavy atom. The minimum atomic E-state index is -1.16. The maximum absolute atomic E-state index is 13.9. The van der Waals surface area contributed by atoms with E-state index < -0.39 is 28.5 Å². The van der Waals surface area contributed by atoms with Crippen LogP contribution in [-0.4, -0.2) is 25.0 Å². The maximum Gasteiger partial charge on any atom is 0.166 e. The fraction of sp³-hybridized carbons (Fsp3) is 0.500. The Hall–Kier alpha value is -0.780. The van der Waals surface area contributed by atoms with Crippen molar-refractivity contribution in [2.24, 2.45) is 11.7 Å². The van der Waals surface area contributed by atoms with Crippen molar-refractivity contribution in [3.8, 4) is 0 Å². The van der Waals surface area contributed by atoms with Gasteiger partial charge in [0.2, 0.25) is 0 Å². The molecule has 0 saturated carbocycles. The van der Waals surface area contributed by atoms with Gasteiger partial charge in [0.25, 0.3) is 0 Å². The molecule has 2 nitrogen and oxygen atoms in total. The zero-order valence-corrected chi connectivity index (χ0v) is 10.6. The number of likely N-dealkylation sites (tertiary alicyclic amines) is 1. The summed E-state index contributed by atoms with van der Waals surface area (Å²) >= 11 is 5.56. The van der Waals surface area contributed by atoms with Gasteiger partial charge < -0.3 is 5.73 Å². The summed E-state index contributed by atoms with van der Waals surface area (Å²) < 4.78 is 41.0. The largest absolute Gasteiger partial charge is 0.330 e. The Balaban J connectivity index is 2.45. The van der Waals surface area contributed by atoms with Crippen molar-refractivity contribution in [2.45, 2.75) is 12.5 Å². The number of halogens is 4. The Kier molecular flexibility index (Phi) is 3.84. The fourth-order valence-electron chi connectivity index (χ4n) is 2.50. The van der Waals surface area contributed by atoms with E-state index in [1.54, 1.807) is 11.9 Å². The molecule has 1 fully saturated rings. The third-order valence-corrected chi connectivity index (χ3v) is 3.72. The van der Waals surface area contributed by atoms with Gasteiger partial charge in [-0.25, -0.2) is 13.2 Å². The lowest BCUT2D eigenvalue weighted by molar-refractivity contribution is 0.295. The molecule has 1 aromatic carbocycles. The molecular weight excluding hydrogens is 265 g/mol. The molecule has 18 heavy (non-hydrogen) atoms. The molecule has 0 radical (unpaired) electrons. The Labute approximate surface area is 109 Å². The lowest BCUT2D eigenvalue weighted by atomic mass is 9.98. The lowest BCUT2D eigenvalue weighted by Gasteiger charge is -2.21. The summed E-state index contributed by atoms with van der Waals surface area (Å²) in [5.74, 6) is -3.02. The molecule has 1 aromatic rings. The topological polar surface area (TPSA) is 29.3 Å². The van der Waals surface area contributed by atoms with Crippen molar-refractivity contribution >= 4 is 11.6 Å². The number of hydrogen-bond donors (Lipinski definition) is 1. The first-order valence-corrected chi connectivity index (χ1v) is 6.06. The van der Waals surface area contributed by atoms with E-state index in [1.165, 1.54) is 0 Å². The van der Waals surface area contributed by atoms with Crippen LogP contribution >= 0.6 is 11.6 Å². The summed E-state index contributed by atoms with van der Waals surface area (Å²) in [6.45, 7) is 1.07. The van der Waals surface area contributed by atoms with Crippen LogP contribution in [0.4, 0.5) is 13.2 Å². The second-order valence-electron chi connectivity index (χ2n) is 4.67. The number of nitrogens with zero attached hydrogens (tertiary/aromatic N) is 1. The number of benzene rings is 1. The molecule has 0 amide bonds. The average molecular weight is 279 g/mol. The van der Waals surface area contributed by atoms with Gasteiger partial charge in [0.05, 0.1) is 5.02 Å². The molecule has 6 heteroatoms. The van der Waals surface area contributed by atoms with Gasteiger partial charge in [-0.3, -0.25) is 4.90 Å². The van der Waals surface area contributed by atoms with Crippen LogP contribution in [0.15, 0.2) is 6.07 Å². The molecule has 0 spiro atoms. The minimum Gasteiger partial charge on any atom is -0.330 e. The quantitative estimate of drug-likeness (QED) is 0.843. The summed E-state index contributed by atoms with van der Waals surface area (Å²) in [5, 5.41) is -0.395. The highest BCUT2D eigenvalue weighted by Crippen LogP contribution is 2.38. The van der Waals surface area contributed by atoms with E-state index in [1.807, 2.05) is 0 Å². The van der Waals surface area contributed by atoms with Crippen LogP contribution in [0.5, 0.6) is 0 Å². The molecule has 0 aliphatic carbocycles. The molecule has 2 unspecified atom stereocenters. The highest BCUT2D eigenvalue weighted by molar-refractivity contribution is 6.30. The first kappa shape index (κ1) is 13.6. The van der Waals surface area contributed by atoms with E-state index >= 15 is 0 Å². The zero-order valence-electron chi connectivity index (χ0n) is 9.89. The van der Waals surface area contributed by atoms with Crippen molar-refractivity contribution in [3.05, 3.63) is 34.1 Å². The summed E-state index contributed by atoms with van der Waals surface area (Å²) in [5.41, 5.74) is 5.26. The lowest BCUT2D eigenvalue weighted by Crippen LogP contribution is -2.22. The number of nitrogens with two attached hydrogens (primary N) is 1. The first-order chi connectivity index (χ1) is 8.45. The maximum atomic E-state index is 13.9. The smallest absolute Gasteiger partial charge is 0.166 e. The third-order valence-electron chi connectivity index (χ3n) is 3.45. The van der Waals surface area contributed by atoms with Gasteiger partial charge in [-0.1, -0.05) is 11.6 Å². The van der Waals surface area contributed by atoms with Crippen molar-refractivity contribution in [1.82, 2.24) is 4.90 Å². The van der Waals surface area contributed by atoms with Crippen LogP contribution in [0.2, 0.25) is 5.02 Å². The molecule has 1 saturated heterocycles. The van der Waals surface area contributed by atoms with Crippen LogP contribution in [-0.2, 0) is 0 Å². The monoisotopic (exact) mass is 278 g/mol. The Morgan fingerprint density at radius 3 is 2.61 bits per heavy atom. The van der Waals surface area contributed by atoms with Gasteiger partial charge in [0.15, 0.2) is 11.6 Å². The fourth-order valence-corrected chi connectivity index (χ4v) is 2.70. The molecule has 0 bridgehead atoms. The molecule has 1 heterocycles. The highest BCUT2D eigenvalue weighted by atomic mass is 35.5. The highest BCUT2D eigenvalue weighted by Gasteiger charge is 2.35. The number of rotatable bonds is 2. The summed E-state index contributed by atoms with van der Waals surface area (Å²) in [4.78, 5) is 1.77. The van der Waals surface area contributed by atoms with E-state index in [9.17, 15) is 13.2 Å². The van der Waals surface area contributed by atoms with Gasteiger partial charge in [-0.05, 0) is 32.0 Å². The van der Waals surface area contributed by atoms with Crippen LogP contribution in [0, 0.1) is 23.4 Å². The normalized spacial score (nSPS) is 24.8. The molecule has 2 atom stereocenters. The predicted molar refractivity (Wildman–Crippen MR) is 63.9 cm³/mol. The number of hydrogen-bond acceptors (Lipinski definition) is 2. The molecule has 1 aliphatic rings. The SMILES string of the molecule is CN1CC(CN)CC1c1c(F)c(F)cc(Cl)c1F. The molecule has 1 aliphatic heterocycles. The summed E-state index contributed by atoms with van der Waals surface area (Å²) in [7, 11) is 1.73. The van der Waals surface area contributed by atoms with Crippen LogP contribution in [0.25, 0.3) is 0 Å². The Morgan fingerprint density at radius 2 is 2.06 bits per heavy atom. The van der Waals surface area contributed by atoms with Crippen molar-refractivity contribution < 1.29 is 13.2 Å². The van der Waals surface area contributed by atoms with Crippen LogP contribution in [0.1, 0.15) is 18.0 Å². The molecule has 100 valence electrons. The second-order valence-corrected chi connectivity index (χ2v) is 5.08. The van der Waals surface area contributed by atoms with Crippen LogP contribution < -0.4 is 5.73 Å². The average Bonchev–Trinajstić information content (AvgIpc) is 2.69. The molecular formula is C12H14ClF3N2. The van der Waals surface area contributed by atoms with E-state index in [-0.39, 0.29) is 11.5 Å². The van der Waals surface area contributed by atoms with Crippen molar-refractivity contribution in [3.63, 3.8) is 0 Å². The zero-order chi connectivity index (χ0) is 13.4. The van der Waals surface area contributed by atoms with E-state index in [0.717, 1.165) is 0 Å². The Bertz CT molecular complexity index is 441. The van der Waals surface area contributed by atoms with E-state index in [4.69, 9.17) is 17.3 Å². The van der Waals surface area contributed by atoms with E-state index in [0.29, 0.717) is 25.6 Å². The van der Waals surface area contributed by atoms with Gasteiger partial charge in [-0.2, -0.15) is 0 Å². The molecule has 2 rings (SSSR count). The van der Waals surface area contributed by atoms with Crippen molar-refractivity contribution in [1.29, 1.82) is 0 Å². The summed E-state index contributed by atoms with van der Waals surface area (Å²) in [6, 6.07) is 0.136. The summed E-state index contributed by atoms with van der Waals surface area (Å²) in [6.07, 6.45) is 0.501. The first-order valence-electron chi connectivity index (χ1n) is 5.68. The van der Waals surface area contributed by atoms with E-state index in [2.05, 4.69) is 0 Å². The van der Waals surface area contributed by atoms with Crippen molar-refractivity contribution in [2.75, 3.05) is 20.1 Å².